The number of alkyl halides is 3. The lowest BCUT2D eigenvalue weighted by Gasteiger charge is -2.10. The van der Waals surface area contributed by atoms with Gasteiger partial charge in [-0.1, -0.05) is 24.3 Å². The number of hydrogen-bond donors (Lipinski definition) is 1. The molecule has 0 saturated heterocycles. The van der Waals surface area contributed by atoms with Crippen LogP contribution < -0.4 is 11.0 Å². The van der Waals surface area contributed by atoms with E-state index in [1.807, 2.05) is 0 Å². The summed E-state index contributed by atoms with van der Waals surface area (Å²) in [4.78, 5) is 16.8. The second-order valence-electron chi connectivity index (χ2n) is 5.50. The van der Waals surface area contributed by atoms with Crippen LogP contribution in [0.3, 0.4) is 0 Å². The summed E-state index contributed by atoms with van der Waals surface area (Å²) >= 11 is 0. The predicted octanol–water partition coefficient (Wildman–Crippen LogP) is 3.88. The molecule has 0 unspecified atom stereocenters. The second-order valence-corrected chi connectivity index (χ2v) is 5.50. The molecule has 0 aliphatic rings. The first-order chi connectivity index (χ1) is 12.4. The molecule has 5 nitrogen and oxygen atoms in total. The zero-order chi connectivity index (χ0) is 18.7. The second kappa shape index (κ2) is 6.99. The molecule has 1 N–H and O–H groups in total. The highest BCUT2D eigenvalue weighted by Crippen LogP contribution is 2.29. The maximum Gasteiger partial charge on any atom is 0.416 e. The number of hydrazone groups is 1. The Labute approximate surface area is 146 Å². The van der Waals surface area contributed by atoms with Crippen molar-refractivity contribution in [1.82, 2.24) is 9.55 Å². The Morgan fingerprint density at radius 3 is 2.69 bits per heavy atom. The maximum absolute atomic E-state index is 12.7. The van der Waals surface area contributed by atoms with Crippen LogP contribution in [0, 0.1) is 0 Å². The van der Waals surface area contributed by atoms with Crippen LogP contribution in [0.1, 0.15) is 18.1 Å². The van der Waals surface area contributed by atoms with Crippen molar-refractivity contribution in [2.24, 2.45) is 5.10 Å². The molecule has 0 amide bonds. The van der Waals surface area contributed by atoms with Crippen molar-refractivity contribution < 1.29 is 13.2 Å². The Morgan fingerprint density at radius 2 is 1.96 bits per heavy atom. The van der Waals surface area contributed by atoms with Crippen molar-refractivity contribution in [3.63, 3.8) is 0 Å². The van der Waals surface area contributed by atoms with E-state index in [0.717, 1.165) is 12.1 Å². The zero-order valence-electron chi connectivity index (χ0n) is 13.8. The smallest absolute Gasteiger partial charge is 0.277 e. The Kier molecular flexibility index (Phi) is 4.75. The third-order valence-corrected chi connectivity index (χ3v) is 3.77. The largest absolute Gasteiger partial charge is 0.416 e. The summed E-state index contributed by atoms with van der Waals surface area (Å²) in [5, 5.41) is 4.41. The fourth-order valence-electron chi connectivity index (χ4n) is 2.51. The van der Waals surface area contributed by atoms with E-state index in [1.165, 1.54) is 22.9 Å². The first kappa shape index (κ1) is 17.7. The van der Waals surface area contributed by atoms with Gasteiger partial charge in [0, 0.05) is 6.54 Å². The van der Waals surface area contributed by atoms with E-state index < -0.39 is 11.7 Å². The number of para-hydroxylation sites is 1. The average molecular weight is 360 g/mol. The van der Waals surface area contributed by atoms with Gasteiger partial charge in [-0.3, -0.25) is 9.36 Å². The summed E-state index contributed by atoms with van der Waals surface area (Å²) in [7, 11) is 0. The minimum absolute atomic E-state index is 0.213. The molecule has 8 heteroatoms. The Morgan fingerprint density at radius 1 is 1.19 bits per heavy atom. The number of benzene rings is 2. The van der Waals surface area contributed by atoms with E-state index in [-0.39, 0.29) is 17.1 Å². The number of anilines is 1. The summed E-state index contributed by atoms with van der Waals surface area (Å²) in [5.41, 5.74) is 2.47. The summed E-state index contributed by atoms with van der Waals surface area (Å²) in [6.07, 6.45) is -3.17. The standard InChI is InChI=1S/C18H15F3N4O/c1-2-25-16(26)14-8-3-4-9-15(14)23-17(25)24-22-11-12-6-5-7-13(10-12)18(19,20)21/h3-11H,2H2,1H3,(H,23,24)/b22-11-. The number of nitrogens with zero attached hydrogens (tertiary/aromatic N) is 3. The number of hydrogen-bond acceptors (Lipinski definition) is 4. The van der Waals surface area contributed by atoms with Crippen LogP contribution in [-0.4, -0.2) is 15.8 Å². The molecule has 0 spiro atoms. The van der Waals surface area contributed by atoms with E-state index in [9.17, 15) is 18.0 Å². The molecule has 0 aliphatic heterocycles. The lowest BCUT2D eigenvalue weighted by Crippen LogP contribution is -2.23. The van der Waals surface area contributed by atoms with E-state index >= 15 is 0 Å². The van der Waals surface area contributed by atoms with Crippen molar-refractivity contribution in [2.75, 3.05) is 5.43 Å². The fourth-order valence-corrected chi connectivity index (χ4v) is 2.51. The molecule has 0 radical (unpaired) electrons. The minimum Gasteiger partial charge on any atom is -0.277 e. The van der Waals surface area contributed by atoms with Crippen molar-refractivity contribution in [3.8, 4) is 0 Å². The van der Waals surface area contributed by atoms with Gasteiger partial charge in [-0.15, -0.1) is 0 Å². The molecule has 26 heavy (non-hydrogen) atoms. The third-order valence-electron chi connectivity index (χ3n) is 3.77. The van der Waals surface area contributed by atoms with Gasteiger partial charge in [-0.25, -0.2) is 10.4 Å². The van der Waals surface area contributed by atoms with Crippen LogP contribution in [-0.2, 0) is 12.7 Å². The molecular formula is C18H15F3N4O. The lowest BCUT2D eigenvalue weighted by atomic mass is 10.1. The highest BCUT2D eigenvalue weighted by Gasteiger charge is 2.30. The number of nitrogens with one attached hydrogen (secondary N) is 1. The molecule has 1 aromatic heterocycles. The molecule has 3 aromatic rings. The summed E-state index contributed by atoms with van der Waals surface area (Å²) in [6.45, 7) is 2.16. The average Bonchev–Trinajstić information content (AvgIpc) is 2.62. The van der Waals surface area contributed by atoms with E-state index in [2.05, 4.69) is 15.5 Å². The predicted molar refractivity (Wildman–Crippen MR) is 94.3 cm³/mol. The molecular weight excluding hydrogens is 345 g/mol. The van der Waals surface area contributed by atoms with Crippen molar-refractivity contribution in [3.05, 3.63) is 70.0 Å². The number of fused-ring (bicyclic) bond motifs is 1. The van der Waals surface area contributed by atoms with Gasteiger partial charge < -0.3 is 0 Å². The molecule has 3 rings (SSSR count). The van der Waals surface area contributed by atoms with Gasteiger partial charge in [0.25, 0.3) is 5.56 Å². The fraction of sp³-hybridized carbons (Fsp3) is 0.167. The van der Waals surface area contributed by atoms with Crippen LogP contribution in [0.4, 0.5) is 19.1 Å². The number of halogens is 3. The number of aromatic nitrogens is 2. The van der Waals surface area contributed by atoms with Crippen LogP contribution >= 0.6 is 0 Å². The van der Waals surface area contributed by atoms with Gasteiger partial charge >= 0.3 is 6.18 Å². The third kappa shape index (κ3) is 3.58. The Balaban J connectivity index is 1.90. The molecule has 0 fully saturated rings. The molecule has 0 bridgehead atoms. The SMILES string of the molecule is CCn1c(N/N=C\c2cccc(C(F)(F)F)c2)nc2ccccc2c1=O. The quantitative estimate of drug-likeness (QED) is 0.567. The van der Waals surface area contributed by atoms with E-state index in [0.29, 0.717) is 17.4 Å². The topological polar surface area (TPSA) is 59.3 Å². The van der Waals surface area contributed by atoms with Crippen LogP contribution in [0.15, 0.2) is 58.4 Å². The molecule has 0 saturated carbocycles. The van der Waals surface area contributed by atoms with Gasteiger partial charge in [-0.2, -0.15) is 18.3 Å². The van der Waals surface area contributed by atoms with Gasteiger partial charge in [-0.05, 0) is 36.8 Å². The molecule has 2 aromatic carbocycles. The highest BCUT2D eigenvalue weighted by molar-refractivity contribution is 5.81. The van der Waals surface area contributed by atoms with Gasteiger partial charge in [0.2, 0.25) is 5.95 Å². The number of rotatable bonds is 4. The first-order valence-corrected chi connectivity index (χ1v) is 7.86. The van der Waals surface area contributed by atoms with Crippen LogP contribution in [0.25, 0.3) is 10.9 Å². The Bertz CT molecular complexity index is 1020. The minimum atomic E-state index is -4.42. The summed E-state index contributed by atoms with van der Waals surface area (Å²) in [6, 6.07) is 11.7. The van der Waals surface area contributed by atoms with Gasteiger partial charge in [0.15, 0.2) is 0 Å². The molecule has 134 valence electrons. The van der Waals surface area contributed by atoms with Crippen LogP contribution in [0.2, 0.25) is 0 Å². The normalized spacial score (nSPS) is 12.0. The Hall–Kier alpha value is -3.16. The molecule has 1 heterocycles. The molecule has 0 aliphatic carbocycles. The summed E-state index contributed by atoms with van der Waals surface area (Å²) < 4.78 is 39.6. The van der Waals surface area contributed by atoms with Crippen LogP contribution in [0.5, 0.6) is 0 Å². The van der Waals surface area contributed by atoms with E-state index in [4.69, 9.17) is 0 Å². The van der Waals surface area contributed by atoms with Crippen molar-refractivity contribution in [2.45, 2.75) is 19.6 Å². The van der Waals surface area contributed by atoms with Crippen molar-refractivity contribution in [1.29, 1.82) is 0 Å². The summed E-state index contributed by atoms with van der Waals surface area (Å²) in [5.74, 6) is 0.222. The molecule has 0 atom stereocenters. The highest BCUT2D eigenvalue weighted by atomic mass is 19.4. The lowest BCUT2D eigenvalue weighted by molar-refractivity contribution is -0.137. The van der Waals surface area contributed by atoms with E-state index in [1.54, 1.807) is 31.2 Å². The van der Waals surface area contributed by atoms with Gasteiger partial charge in [0.05, 0.1) is 22.7 Å². The first-order valence-electron chi connectivity index (χ1n) is 7.86. The van der Waals surface area contributed by atoms with Crippen molar-refractivity contribution >= 4 is 23.1 Å². The maximum atomic E-state index is 12.7. The zero-order valence-corrected chi connectivity index (χ0v) is 13.8. The monoisotopic (exact) mass is 360 g/mol. The van der Waals surface area contributed by atoms with Gasteiger partial charge in [0.1, 0.15) is 0 Å².